The number of aromatic nitrogens is 2. The van der Waals surface area contributed by atoms with Crippen molar-refractivity contribution in [1.29, 1.82) is 0 Å². The van der Waals surface area contributed by atoms with Crippen molar-refractivity contribution in [3.05, 3.63) is 47.0 Å². The fraction of sp³-hybridized carbons (Fsp3) is 0.375. The fourth-order valence-corrected chi connectivity index (χ4v) is 3.03. The Morgan fingerprint density at radius 2 is 2.19 bits per heavy atom. The van der Waals surface area contributed by atoms with E-state index < -0.39 is 0 Å². The zero-order valence-corrected chi connectivity index (χ0v) is 12.9. The molecule has 1 heterocycles. The number of nitrogens with zero attached hydrogens (tertiary/aromatic N) is 2. The first-order valence-electron chi connectivity index (χ1n) is 7.18. The van der Waals surface area contributed by atoms with E-state index in [2.05, 4.69) is 9.55 Å². The lowest BCUT2D eigenvalue weighted by Gasteiger charge is -2.16. The van der Waals surface area contributed by atoms with E-state index in [-0.39, 0.29) is 0 Å². The largest absolute Gasteiger partial charge is 0.496 e. The molecule has 0 saturated heterocycles. The smallest absolute Gasteiger partial charge is 0.123 e. The molecule has 0 unspecified atom stereocenters. The molecular formula is C16H19N3OS. The van der Waals surface area contributed by atoms with E-state index in [1.807, 2.05) is 24.5 Å². The molecule has 4 nitrogen and oxygen atoms in total. The average Bonchev–Trinajstić information content (AvgIpc) is 2.90. The highest BCUT2D eigenvalue weighted by molar-refractivity contribution is 7.80. The lowest BCUT2D eigenvalue weighted by Crippen LogP contribution is -2.12. The highest BCUT2D eigenvalue weighted by Gasteiger charge is 2.16. The topological polar surface area (TPSA) is 53.1 Å². The summed E-state index contributed by atoms with van der Waals surface area (Å²) in [6.07, 6.45) is 6.61. The number of thiocarbonyl (C=S) groups is 1. The van der Waals surface area contributed by atoms with Crippen LogP contribution in [-0.2, 0) is 19.4 Å². The van der Waals surface area contributed by atoms with Crippen LogP contribution in [0.1, 0.15) is 35.4 Å². The first kappa shape index (κ1) is 14.1. The molecule has 0 bridgehead atoms. The molecular weight excluding hydrogens is 282 g/mol. The predicted octanol–water partition coefficient (Wildman–Crippen LogP) is 2.45. The normalized spacial score (nSPS) is 13.8. The molecule has 0 fully saturated rings. The van der Waals surface area contributed by atoms with Gasteiger partial charge in [0.05, 0.1) is 25.7 Å². The van der Waals surface area contributed by atoms with Gasteiger partial charge in [-0.15, -0.1) is 0 Å². The van der Waals surface area contributed by atoms with Crippen molar-refractivity contribution in [2.24, 2.45) is 5.73 Å². The molecule has 5 heteroatoms. The van der Waals surface area contributed by atoms with Crippen molar-refractivity contribution in [2.45, 2.75) is 32.2 Å². The third-order valence-corrected chi connectivity index (χ3v) is 4.25. The van der Waals surface area contributed by atoms with Gasteiger partial charge in [0.1, 0.15) is 10.7 Å². The van der Waals surface area contributed by atoms with Crippen molar-refractivity contribution < 1.29 is 4.74 Å². The van der Waals surface area contributed by atoms with E-state index in [4.69, 9.17) is 22.7 Å². The van der Waals surface area contributed by atoms with Gasteiger partial charge in [-0.25, -0.2) is 4.98 Å². The average molecular weight is 301 g/mol. The molecule has 0 amide bonds. The Morgan fingerprint density at radius 3 is 2.95 bits per heavy atom. The van der Waals surface area contributed by atoms with Gasteiger partial charge in [0.2, 0.25) is 0 Å². The number of imidazole rings is 1. The van der Waals surface area contributed by atoms with Crippen LogP contribution in [-0.4, -0.2) is 21.6 Å². The molecule has 1 aliphatic carbocycles. The number of nitrogens with two attached hydrogens (primary N) is 1. The third kappa shape index (κ3) is 2.78. The zero-order valence-electron chi connectivity index (χ0n) is 12.1. The standard InChI is InChI=1S/C16H19N3OS/c1-20-15-7-6-11(16(17)21)8-12(15)9-19-10-18-13-4-2-3-5-14(13)19/h6-8,10H,2-5,9H2,1H3,(H2,17,21). The second-order valence-corrected chi connectivity index (χ2v) is 5.80. The van der Waals surface area contributed by atoms with E-state index >= 15 is 0 Å². The molecule has 1 aromatic carbocycles. The van der Waals surface area contributed by atoms with Gasteiger partial charge in [0.25, 0.3) is 0 Å². The second kappa shape index (κ2) is 5.85. The Bertz CT molecular complexity index is 678. The molecule has 0 atom stereocenters. The highest BCUT2D eigenvalue weighted by atomic mass is 32.1. The van der Waals surface area contributed by atoms with Crippen molar-refractivity contribution in [1.82, 2.24) is 9.55 Å². The fourth-order valence-electron chi connectivity index (χ4n) is 2.91. The van der Waals surface area contributed by atoms with E-state index in [1.165, 1.54) is 24.2 Å². The molecule has 0 saturated carbocycles. The summed E-state index contributed by atoms with van der Waals surface area (Å²) >= 11 is 5.06. The number of rotatable bonds is 4. The summed E-state index contributed by atoms with van der Waals surface area (Å²) in [6.45, 7) is 0.738. The van der Waals surface area contributed by atoms with Gasteiger partial charge < -0.3 is 15.0 Å². The van der Waals surface area contributed by atoms with Gasteiger partial charge in [0.15, 0.2) is 0 Å². The summed E-state index contributed by atoms with van der Waals surface area (Å²) in [7, 11) is 1.68. The van der Waals surface area contributed by atoms with Gasteiger partial charge in [-0.3, -0.25) is 0 Å². The molecule has 1 aromatic heterocycles. The molecule has 1 aliphatic rings. The third-order valence-electron chi connectivity index (χ3n) is 4.02. The molecule has 3 rings (SSSR count). The lowest BCUT2D eigenvalue weighted by atomic mass is 10.0. The van der Waals surface area contributed by atoms with Gasteiger partial charge >= 0.3 is 0 Å². The van der Waals surface area contributed by atoms with E-state index in [1.54, 1.807) is 7.11 Å². The van der Waals surface area contributed by atoms with Gasteiger partial charge in [0, 0.05) is 16.8 Å². The van der Waals surface area contributed by atoms with Crippen LogP contribution in [0.2, 0.25) is 0 Å². The molecule has 0 aliphatic heterocycles. The van der Waals surface area contributed by atoms with Crippen molar-refractivity contribution in [3.8, 4) is 5.75 Å². The van der Waals surface area contributed by atoms with Crippen LogP contribution in [0.5, 0.6) is 5.75 Å². The molecule has 2 N–H and O–H groups in total. The zero-order chi connectivity index (χ0) is 14.8. The van der Waals surface area contributed by atoms with E-state index in [0.29, 0.717) is 4.99 Å². The molecule has 0 radical (unpaired) electrons. The minimum Gasteiger partial charge on any atom is -0.496 e. The Balaban J connectivity index is 1.95. The molecule has 2 aromatic rings. The van der Waals surface area contributed by atoms with Gasteiger partial charge in [-0.1, -0.05) is 12.2 Å². The van der Waals surface area contributed by atoms with Gasteiger partial charge in [-0.2, -0.15) is 0 Å². The Hall–Kier alpha value is -1.88. The van der Waals surface area contributed by atoms with Crippen LogP contribution < -0.4 is 10.5 Å². The van der Waals surface area contributed by atoms with Crippen LogP contribution >= 0.6 is 12.2 Å². The minimum atomic E-state index is 0.409. The number of fused-ring (bicyclic) bond motifs is 1. The monoisotopic (exact) mass is 301 g/mol. The van der Waals surface area contributed by atoms with Crippen molar-refractivity contribution in [3.63, 3.8) is 0 Å². The first-order valence-corrected chi connectivity index (χ1v) is 7.59. The maximum Gasteiger partial charge on any atom is 0.123 e. The maximum atomic E-state index is 5.73. The van der Waals surface area contributed by atoms with E-state index in [0.717, 1.165) is 36.3 Å². The summed E-state index contributed by atoms with van der Waals surface area (Å²) in [5, 5.41) is 0. The second-order valence-electron chi connectivity index (χ2n) is 5.36. The predicted molar refractivity (Wildman–Crippen MR) is 86.9 cm³/mol. The van der Waals surface area contributed by atoms with Crippen molar-refractivity contribution in [2.75, 3.05) is 7.11 Å². The summed E-state index contributed by atoms with van der Waals surface area (Å²) in [4.78, 5) is 4.95. The first-order chi connectivity index (χ1) is 10.2. The number of benzene rings is 1. The number of hydrogen-bond acceptors (Lipinski definition) is 3. The van der Waals surface area contributed by atoms with Crippen LogP contribution in [0.3, 0.4) is 0 Å². The highest BCUT2D eigenvalue weighted by Crippen LogP contribution is 2.25. The van der Waals surface area contributed by atoms with E-state index in [9.17, 15) is 0 Å². The summed E-state index contributed by atoms with van der Waals surface area (Å²) in [5.74, 6) is 0.855. The Labute approximate surface area is 129 Å². The summed E-state index contributed by atoms with van der Waals surface area (Å²) in [5.41, 5.74) is 10.3. The Kier molecular flexibility index (Phi) is 3.92. The number of ether oxygens (including phenoxy) is 1. The van der Waals surface area contributed by atoms with Crippen LogP contribution in [0.4, 0.5) is 0 Å². The summed E-state index contributed by atoms with van der Waals surface area (Å²) in [6, 6.07) is 5.83. The number of hydrogen-bond donors (Lipinski definition) is 1. The molecule has 0 spiro atoms. The number of aryl methyl sites for hydroxylation is 1. The van der Waals surface area contributed by atoms with Crippen LogP contribution in [0, 0.1) is 0 Å². The van der Waals surface area contributed by atoms with Crippen LogP contribution in [0.25, 0.3) is 0 Å². The quantitative estimate of drug-likeness (QED) is 0.881. The molecule has 110 valence electrons. The number of methoxy groups -OCH3 is 1. The summed E-state index contributed by atoms with van der Waals surface area (Å²) < 4.78 is 7.67. The minimum absolute atomic E-state index is 0.409. The maximum absolute atomic E-state index is 5.73. The van der Waals surface area contributed by atoms with Crippen molar-refractivity contribution >= 4 is 17.2 Å². The van der Waals surface area contributed by atoms with Crippen LogP contribution in [0.15, 0.2) is 24.5 Å². The Morgan fingerprint density at radius 1 is 1.38 bits per heavy atom. The lowest BCUT2D eigenvalue weighted by molar-refractivity contribution is 0.408. The SMILES string of the molecule is COc1ccc(C(N)=S)cc1Cn1cnc2c1CCCC2. The van der Waals surface area contributed by atoms with Gasteiger partial charge in [-0.05, 0) is 43.9 Å². The molecule has 21 heavy (non-hydrogen) atoms.